The van der Waals surface area contributed by atoms with E-state index in [-0.39, 0.29) is 106 Å². The second-order valence-electron chi connectivity index (χ2n) is 14.1. The minimum absolute atomic E-state index is 0. The molecule has 0 N–H and O–H groups in total. The van der Waals surface area contributed by atoms with Gasteiger partial charge >= 0.3 is 88.7 Å². The number of anilines is 1. The Morgan fingerprint density at radius 2 is 1.46 bits per heavy atom. The van der Waals surface area contributed by atoms with Crippen LogP contribution in [-0.2, 0) is 50.6 Å². The number of rotatable bonds is 18. The van der Waals surface area contributed by atoms with Crippen molar-refractivity contribution >= 4 is 59.5 Å². The predicted molar refractivity (Wildman–Crippen MR) is 200 cm³/mol. The van der Waals surface area contributed by atoms with E-state index in [0.29, 0.717) is 42.1 Å². The van der Waals surface area contributed by atoms with Crippen LogP contribution in [0, 0.1) is 0 Å². The van der Waals surface area contributed by atoms with Gasteiger partial charge in [0.15, 0.2) is 5.71 Å². The number of nitrogens with zero attached hydrogens (tertiary/aromatic N) is 2. The topological polar surface area (TPSA) is 219 Å². The average Bonchev–Trinajstić information content (AvgIpc) is 3.41. The van der Waals surface area contributed by atoms with Crippen LogP contribution < -0.4 is 98.8 Å². The minimum Gasteiger partial charge on any atom is -0.748 e. The van der Waals surface area contributed by atoms with Crippen LogP contribution in [0.2, 0.25) is 0 Å². The molecule has 14 nitrogen and oxygen atoms in total. The van der Waals surface area contributed by atoms with Crippen molar-refractivity contribution in [1.82, 2.24) is 0 Å². The fourth-order valence-corrected chi connectivity index (χ4v) is 8.78. The SMILES string of the molecule is CC(C=CC1=[N+](CCCCS(=O)(=O)[O-])c2ccc(SOO[O-])cc2C1(C)C)=CC=C/C=C1/N(CCCCS(=O)(=O)[O-])c2ccc(S(=O)(=O)[O-])cc2C1(C)C.[Na+].[Na+].[Na+]. The fourth-order valence-electron chi connectivity index (χ4n) is 6.77. The van der Waals surface area contributed by atoms with Crippen LogP contribution in [0.25, 0.3) is 0 Å². The van der Waals surface area contributed by atoms with Gasteiger partial charge in [-0.2, -0.15) is 8.91 Å². The fraction of sp³-hybridized carbons (Fsp3) is 0.417. The van der Waals surface area contributed by atoms with Crippen molar-refractivity contribution in [2.45, 2.75) is 80.9 Å². The van der Waals surface area contributed by atoms with E-state index in [2.05, 4.69) is 13.9 Å². The third-order valence-electron chi connectivity index (χ3n) is 9.45. The zero-order chi connectivity index (χ0) is 40.1. The maximum atomic E-state index is 11.8. The average molecular weight is 893 g/mol. The van der Waals surface area contributed by atoms with Gasteiger partial charge < -0.3 is 23.8 Å². The summed E-state index contributed by atoms with van der Waals surface area (Å²) in [6, 6.07) is 9.74. The van der Waals surface area contributed by atoms with E-state index in [1.807, 2.05) is 88.1 Å². The summed E-state index contributed by atoms with van der Waals surface area (Å²) < 4.78 is 109. The van der Waals surface area contributed by atoms with Gasteiger partial charge in [0.2, 0.25) is 5.69 Å². The molecular weight excluding hydrogens is 850 g/mol. The first-order valence-corrected chi connectivity index (χ1v) is 22.3. The first-order chi connectivity index (χ1) is 25.1. The molecule has 2 aliphatic heterocycles. The van der Waals surface area contributed by atoms with E-state index in [4.69, 9.17) is 0 Å². The number of hydrogen-bond acceptors (Lipinski definition) is 14. The maximum Gasteiger partial charge on any atom is 1.00 e. The van der Waals surface area contributed by atoms with Crippen LogP contribution in [0.4, 0.5) is 11.4 Å². The molecule has 57 heavy (non-hydrogen) atoms. The largest absolute Gasteiger partial charge is 1.00 e. The van der Waals surface area contributed by atoms with Crippen molar-refractivity contribution in [3.05, 3.63) is 95.3 Å². The number of fused-ring (bicyclic) bond motifs is 2. The van der Waals surface area contributed by atoms with Gasteiger partial charge in [0.05, 0.1) is 42.6 Å². The number of allylic oxidation sites excluding steroid dienone is 8. The Bertz CT molecular complexity index is 2240. The Labute approximate surface area is 407 Å². The monoisotopic (exact) mass is 892 g/mol. The molecule has 2 aliphatic rings. The van der Waals surface area contributed by atoms with Gasteiger partial charge in [-0.25, -0.2) is 25.3 Å². The molecule has 0 spiro atoms. The number of unbranched alkanes of at least 4 members (excludes halogenated alkanes) is 2. The maximum absolute atomic E-state index is 11.8. The first kappa shape index (κ1) is 54.8. The standard InChI is InChI=1S/C36H46N2O12S4.3Na/c1-26(14-19-34-35(2,3)29-24-27(51-50-49-39)15-17-31(29)38(34)21-9-11-23-53(43,44)45)12-6-7-13-33-36(4,5)30-25-28(54(46,47)48)16-18-32(30)37(33)20-8-10-22-52(40,41)42;;;/h6-7,12-19,24-25H,8-11,20-23H2,1-5H3,(H3-,39,40,41,42,43,44,45,46,47,48);;;/q;3*+1/p-3. The molecule has 0 aliphatic carbocycles. The van der Waals surface area contributed by atoms with E-state index in [9.17, 15) is 44.2 Å². The molecule has 296 valence electrons. The first-order valence-electron chi connectivity index (χ1n) is 17.0. The Hall–Kier alpha value is -0.170. The normalized spacial score (nSPS) is 17.1. The molecule has 0 saturated carbocycles. The van der Waals surface area contributed by atoms with Crippen LogP contribution in [0.1, 0.15) is 71.4 Å². The molecule has 2 aromatic rings. The summed E-state index contributed by atoms with van der Waals surface area (Å²) in [6.07, 6.45) is 12.5. The molecular formula is C36H43N2Na3O12S4. The van der Waals surface area contributed by atoms with Gasteiger partial charge in [-0.05, 0) is 82.0 Å². The summed E-state index contributed by atoms with van der Waals surface area (Å²) in [4.78, 5) is 2.24. The number of hydrogen-bond donors (Lipinski definition) is 0. The van der Waals surface area contributed by atoms with Gasteiger partial charge in [-0.1, -0.05) is 43.7 Å². The van der Waals surface area contributed by atoms with Crippen LogP contribution in [0.5, 0.6) is 0 Å². The Balaban J connectivity index is 0.00000541. The predicted octanol–water partition coefficient (Wildman–Crippen LogP) is -4.40. The second-order valence-corrected chi connectivity index (χ2v) is 19.3. The molecule has 0 aromatic heterocycles. The van der Waals surface area contributed by atoms with Gasteiger partial charge in [0, 0.05) is 63.9 Å². The van der Waals surface area contributed by atoms with E-state index < -0.39 is 52.7 Å². The van der Waals surface area contributed by atoms with Crippen molar-refractivity contribution in [3.63, 3.8) is 0 Å². The van der Waals surface area contributed by atoms with Gasteiger partial charge in [-0.15, -0.1) is 0 Å². The zero-order valence-electron chi connectivity index (χ0n) is 33.5. The molecule has 21 heteroatoms. The quantitative estimate of drug-likeness (QED) is 0.0202. The molecule has 2 aromatic carbocycles. The summed E-state index contributed by atoms with van der Waals surface area (Å²) in [6.45, 7) is 10.6. The van der Waals surface area contributed by atoms with Crippen LogP contribution in [0.15, 0.2) is 93.9 Å². The molecule has 0 saturated heterocycles. The molecule has 0 amide bonds. The molecule has 0 atom stereocenters. The summed E-state index contributed by atoms with van der Waals surface area (Å²) in [5.74, 6) is -0.954. The summed E-state index contributed by atoms with van der Waals surface area (Å²) in [5, 5.41) is 13.9. The Morgan fingerprint density at radius 3 is 2.05 bits per heavy atom. The van der Waals surface area contributed by atoms with Crippen molar-refractivity contribution in [3.8, 4) is 0 Å². The van der Waals surface area contributed by atoms with Crippen LogP contribution in [-0.4, -0.2) is 73.8 Å². The molecule has 0 fully saturated rings. The molecule has 0 unspecified atom stereocenters. The van der Waals surface area contributed by atoms with Crippen LogP contribution >= 0.6 is 12.0 Å². The molecule has 0 radical (unpaired) electrons. The third-order valence-corrected chi connectivity index (χ3v) is 12.4. The summed E-state index contributed by atoms with van der Waals surface area (Å²) in [5.41, 5.74) is 4.50. The van der Waals surface area contributed by atoms with Crippen molar-refractivity contribution in [2.75, 3.05) is 29.5 Å². The van der Waals surface area contributed by atoms with E-state index in [0.717, 1.165) is 40.3 Å². The van der Waals surface area contributed by atoms with Gasteiger partial charge in [0.1, 0.15) is 16.7 Å². The van der Waals surface area contributed by atoms with E-state index >= 15 is 0 Å². The van der Waals surface area contributed by atoms with Crippen molar-refractivity contribution < 1.29 is 147 Å². The van der Waals surface area contributed by atoms with Gasteiger partial charge in [-0.3, -0.25) is 5.04 Å². The zero-order valence-corrected chi connectivity index (χ0v) is 42.8. The summed E-state index contributed by atoms with van der Waals surface area (Å²) in [7, 11) is -13.4. The molecule has 0 bridgehead atoms. The van der Waals surface area contributed by atoms with E-state index in [1.54, 1.807) is 12.1 Å². The Morgan fingerprint density at radius 1 is 0.825 bits per heavy atom. The second kappa shape index (κ2) is 22.8. The summed E-state index contributed by atoms with van der Waals surface area (Å²) >= 11 is 0.779. The smallest absolute Gasteiger partial charge is 0.748 e. The van der Waals surface area contributed by atoms with Crippen molar-refractivity contribution in [2.24, 2.45) is 0 Å². The van der Waals surface area contributed by atoms with Gasteiger partial charge in [0.25, 0.3) is 0 Å². The minimum atomic E-state index is -4.71. The number of benzene rings is 2. The van der Waals surface area contributed by atoms with E-state index in [1.165, 1.54) is 12.1 Å². The molecule has 2 heterocycles. The molecule has 4 rings (SSSR count). The third kappa shape index (κ3) is 15.0. The van der Waals surface area contributed by atoms with Crippen LogP contribution in [0.3, 0.4) is 0 Å². The van der Waals surface area contributed by atoms with Crippen molar-refractivity contribution in [1.29, 1.82) is 0 Å². The Kier molecular flexibility index (Phi) is 21.9.